The molecule has 8 rings (SSSR count). The average molecular weight is 638 g/mol. The summed E-state index contributed by atoms with van der Waals surface area (Å²) in [6, 6.07) is 63.6. The maximum absolute atomic E-state index is 3.94. The smallest absolute Gasteiger partial charge is 0.0332 e. The van der Waals surface area contributed by atoms with Crippen LogP contribution in [0.3, 0.4) is 0 Å². The highest BCUT2D eigenvalue weighted by molar-refractivity contribution is 9.10. The van der Waals surface area contributed by atoms with Crippen molar-refractivity contribution in [1.82, 2.24) is 0 Å². The first-order valence-corrected chi connectivity index (χ1v) is 16.1. The second kappa shape index (κ2) is 11.7. The molecule has 0 nitrogen and oxygen atoms in total. The van der Waals surface area contributed by atoms with Crippen LogP contribution in [0.15, 0.2) is 180 Å². The third-order valence-electron chi connectivity index (χ3n) is 8.72. The number of hydrogen-bond donors (Lipinski definition) is 0. The normalized spacial score (nSPS) is 11.2. The Balaban J connectivity index is 1.45. The average Bonchev–Trinajstić information content (AvgIpc) is 3.12. The van der Waals surface area contributed by atoms with E-state index >= 15 is 0 Å². The lowest BCUT2D eigenvalue weighted by Gasteiger charge is -2.20. The Hall–Kier alpha value is -5.24. The predicted molar refractivity (Wildman–Crippen MR) is 196 cm³/mol. The maximum atomic E-state index is 3.94. The van der Waals surface area contributed by atoms with E-state index in [1.165, 1.54) is 77.2 Å². The first-order valence-electron chi connectivity index (χ1n) is 15.3. The minimum atomic E-state index is 1.14. The molecule has 0 amide bonds. The molecule has 0 aliphatic heterocycles. The van der Waals surface area contributed by atoms with Gasteiger partial charge in [-0.05, 0) is 111 Å². The second-order valence-corrected chi connectivity index (χ2v) is 12.2. The molecule has 0 saturated heterocycles. The van der Waals surface area contributed by atoms with Crippen LogP contribution in [0.1, 0.15) is 0 Å². The summed E-state index contributed by atoms with van der Waals surface area (Å²) in [5.74, 6) is 0. The van der Waals surface area contributed by atoms with E-state index in [4.69, 9.17) is 0 Å². The zero-order chi connectivity index (χ0) is 30.2. The molecule has 0 heterocycles. The lowest BCUT2D eigenvalue weighted by molar-refractivity contribution is 1.54. The van der Waals surface area contributed by atoms with E-state index in [-0.39, 0.29) is 0 Å². The molecule has 0 N–H and O–H groups in total. The van der Waals surface area contributed by atoms with Crippen LogP contribution >= 0.6 is 15.9 Å². The van der Waals surface area contributed by atoms with Crippen molar-refractivity contribution in [2.45, 2.75) is 0 Å². The number of rotatable bonds is 5. The van der Waals surface area contributed by atoms with Gasteiger partial charge in [-0.2, -0.15) is 0 Å². The van der Waals surface area contributed by atoms with Crippen LogP contribution in [0.25, 0.3) is 77.2 Å². The van der Waals surface area contributed by atoms with Gasteiger partial charge in [0, 0.05) is 4.47 Å². The second-order valence-electron chi connectivity index (χ2n) is 11.4. The maximum Gasteiger partial charge on any atom is 0.0332 e. The molecular formula is C44H29Br. The highest BCUT2D eigenvalue weighted by Crippen LogP contribution is 2.46. The summed E-state index contributed by atoms with van der Waals surface area (Å²) in [5, 5.41) is 4.93. The zero-order valence-electron chi connectivity index (χ0n) is 24.6. The molecule has 0 aliphatic rings. The van der Waals surface area contributed by atoms with E-state index < -0.39 is 0 Å². The standard InChI is InChI=1S/C44H29Br/c45-44-38-25-12-10-23-36(38)42(37-24-11-13-26-39(37)44)33-21-14-22-34(27-33)43-40(31-17-6-2-7-18-31)28-35(30-15-4-1-5-16-30)29-41(43)32-19-8-3-9-20-32/h1-29H. The van der Waals surface area contributed by atoms with Crippen molar-refractivity contribution < 1.29 is 0 Å². The molecule has 212 valence electrons. The summed E-state index contributed by atoms with van der Waals surface area (Å²) >= 11 is 3.94. The topological polar surface area (TPSA) is 0 Å². The van der Waals surface area contributed by atoms with E-state index in [1.807, 2.05) is 0 Å². The highest BCUT2D eigenvalue weighted by Gasteiger charge is 2.19. The van der Waals surface area contributed by atoms with Gasteiger partial charge in [0.15, 0.2) is 0 Å². The molecule has 0 bridgehead atoms. The minimum absolute atomic E-state index is 1.14. The van der Waals surface area contributed by atoms with Crippen molar-refractivity contribution in [3.05, 3.63) is 180 Å². The molecule has 8 aromatic rings. The SMILES string of the molecule is Brc1c2ccccc2c(-c2cccc(-c3c(-c4ccccc4)cc(-c4ccccc4)cc3-c3ccccc3)c2)c2ccccc12. The molecule has 45 heavy (non-hydrogen) atoms. The van der Waals surface area contributed by atoms with Crippen molar-refractivity contribution in [3.63, 3.8) is 0 Å². The van der Waals surface area contributed by atoms with Crippen molar-refractivity contribution >= 4 is 37.5 Å². The highest BCUT2D eigenvalue weighted by atomic mass is 79.9. The summed E-state index contributed by atoms with van der Waals surface area (Å²) in [6.45, 7) is 0. The van der Waals surface area contributed by atoms with Crippen molar-refractivity contribution in [3.8, 4) is 55.6 Å². The van der Waals surface area contributed by atoms with E-state index in [1.54, 1.807) is 0 Å². The van der Waals surface area contributed by atoms with Crippen LogP contribution in [0.4, 0.5) is 0 Å². The van der Waals surface area contributed by atoms with Gasteiger partial charge in [-0.15, -0.1) is 0 Å². The van der Waals surface area contributed by atoms with Crippen LogP contribution in [-0.2, 0) is 0 Å². The first-order chi connectivity index (χ1) is 22.3. The third kappa shape index (κ3) is 4.96. The first kappa shape index (κ1) is 27.3. The number of benzene rings is 8. The Morgan fingerprint density at radius 1 is 0.267 bits per heavy atom. The monoisotopic (exact) mass is 636 g/mol. The fourth-order valence-corrected chi connectivity index (χ4v) is 7.35. The lowest BCUT2D eigenvalue weighted by Crippen LogP contribution is -1.94. The molecule has 0 saturated carbocycles. The zero-order valence-corrected chi connectivity index (χ0v) is 26.2. The van der Waals surface area contributed by atoms with E-state index in [0.717, 1.165) is 4.47 Å². The molecule has 0 atom stereocenters. The Kier molecular flexibility index (Phi) is 7.10. The molecule has 1 heteroatoms. The summed E-state index contributed by atoms with van der Waals surface area (Å²) in [7, 11) is 0. The van der Waals surface area contributed by atoms with Gasteiger partial charge < -0.3 is 0 Å². The van der Waals surface area contributed by atoms with Gasteiger partial charge in [0.2, 0.25) is 0 Å². The van der Waals surface area contributed by atoms with Crippen molar-refractivity contribution in [2.75, 3.05) is 0 Å². The van der Waals surface area contributed by atoms with Crippen LogP contribution in [0.5, 0.6) is 0 Å². The third-order valence-corrected chi connectivity index (χ3v) is 9.58. The van der Waals surface area contributed by atoms with Crippen molar-refractivity contribution in [2.24, 2.45) is 0 Å². The number of hydrogen-bond acceptors (Lipinski definition) is 0. The largest absolute Gasteiger partial charge is 0.0622 e. The van der Waals surface area contributed by atoms with E-state index in [0.29, 0.717) is 0 Å². The van der Waals surface area contributed by atoms with Gasteiger partial charge in [-0.3, -0.25) is 0 Å². The molecular weight excluding hydrogens is 608 g/mol. The fraction of sp³-hybridized carbons (Fsp3) is 0. The summed E-state index contributed by atoms with van der Waals surface area (Å²) in [5.41, 5.74) is 12.2. The summed E-state index contributed by atoms with van der Waals surface area (Å²) in [4.78, 5) is 0. The van der Waals surface area contributed by atoms with E-state index in [9.17, 15) is 0 Å². The molecule has 8 aromatic carbocycles. The molecule has 0 unspecified atom stereocenters. The molecule has 0 radical (unpaired) electrons. The summed E-state index contributed by atoms with van der Waals surface area (Å²) in [6.07, 6.45) is 0. The minimum Gasteiger partial charge on any atom is -0.0622 e. The predicted octanol–water partition coefficient (Wildman–Crippen LogP) is 13.1. The number of halogens is 1. The Labute approximate surface area is 272 Å². The summed E-state index contributed by atoms with van der Waals surface area (Å²) < 4.78 is 1.14. The van der Waals surface area contributed by atoms with Crippen LogP contribution in [0.2, 0.25) is 0 Å². The number of fused-ring (bicyclic) bond motifs is 2. The van der Waals surface area contributed by atoms with Gasteiger partial charge in [0.1, 0.15) is 0 Å². The molecule has 0 fully saturated rings. The Morgan fingerprint density at radius 3 is 1.13 bits per heavy atom. The van der Waals surface area contributed by atoms with Gasteiger partial charge in [0.05, 0.1) is 0 Å². The van der Waals surface area contributed by atoms with Gasteiger partial charge in [-0.25, -0.2) is 0 Å². The van der Waals surface area contributed by atoms with Crippen molar-refractivity contribution in [1.29, 1.82) is 0 Å². The van der Waals surface area contributed by atoms with Gasteiger partial charge >= 0.3 is 0 Å². The quantitative estimate of drug-likeness (QED) is 0.165. The van der Waals surface area contributed by atoms with Gasteiger partial charge in [0.25, 0.3) is 0 Å². The van der Waals surface area contributed by atoms with Crippen LogP contribution < -0.4 is 0 Å². The van der Waals surface area contributed by atoms with E-state index in [2.05, 4.69) is 192 Å². The lowest BCUT2D eigenvalue weighted by atomic mass is 9.83. The molecule has 0 aliphatic carbocycles. The molecule has 0 spiro atoms. The Morgan fingerprint density at radius 2 is 0.644 bits per heavy atom. The van der Waals surface area contributed by atoms with Crippen LogP contribution in [0, 0.1) is 0 Å². The van der Waals surface area contributed by atoms with Crippen LogP contribution in [-0.4, -0.2) is 0 Å². The molecule has 0 aromatic heterocycles. The Bertz CT molecular complexity index is 2190. The fourth-order valence-electron chi connectivity index (χ4n) is 6.66. The van der Waals surface area contributed by atoms with Gasteiger partial charge in [-0.1, -0.05) is 158 Å².